The Bertz CT molecular complexity index is 373. The largest absolute Gasteiger partial charge is 0.328 e. The minimum Gasteiger partial charge on any atom is -0.328 e. The van der Waals surface area contributed by atoms with Gasteiger partial charge in [0.1, 0.15) is 0 Å². The molecule has 94 valence electrons. The predicted molar refractivity (Wildman–Crippen MR) is 67.4 cm³/mol. The van der Waals surface area contributed by atoms with E-state index in [4.69, 9.17) is 5.73 Å². The molecule has 17 heavy (non-hydrogen) atoms. The van der Waals surface area contributed by atoms with Crippen molar-refractivity contribution < 1.29 is 0 Å². The third-order valence-electron chi connectivity index (χ3n) is 4.28. The number of aryl methyl sites for hydroxylation is 1. The fourth-order valence-corrected chi connectivity index (χ4v) is 3.51. The number of aromatic nitrogens is 2. The molecular formula is C13H22N4. The molecule has 3 heterocycles. The molecule has 2 saturated heterocycles. The molecule has 2 fully saturated rings. The number of rotatable bonds is 2. The van der Waals surface area contributed by atoms with Crippen LogP contribution in [0.2, 0.25) is 0 Å². The first-order valence-corrected chi connectivity index (χ1v) is 6.72. The number of nitrogens with two attached hydrogens (primary N) is 1. The number of piperidine rings is 2. The molecular weight excluding hydrogens is 212 g/mol. The topological polar surface area (TPSA) is 47.1 Å². The summed E-state index contributed by atoms with van der Waals surface area (Å²) in [6, 6.07) is 3.94. The normalized spacial score (nSPS) is 33.9. The van der Waals surface area contributed by atoms with E-state index < -0.39 is 0 Å². The molecule has 1 aromatic rings. The fourth-order valence-electron chi connectivity index (χ4n) is 3.51. The lowest BCUT2D eigenvalue weighted by molar-refractivity contribution is 0.0234. The Hall–Kier alpha value is -0.870. The van der Waals surface area contributed by atoms with Crippen LogP contribution in [-0.4, -0.2) is 32.8 Å². The van der Waals surface area contributed by atoms with Gasteiger partial charge in [0.05, 0.1) is 5.69 Å². The third-order valence-corrected chi connectivity index (χ3v) is 4.28. The van der Waals surface area contributed by atoms with Crippen molar-refractivity contribution in [2.24, 2.45) is 12.8 Å². The van der Waals surface area contributed by atoms with Gasteiger partial charge in [0.2, 0.25) is 0 Å². The summed E-state index contributed by atoms with van der Waals surface area (Å²) in [6.07, 6.45) is 8.38. The molecule has 4 nitrogen and oxygen atoms in total. The number of nitrogens with zero attached hydrogens (tertiary/aromatic N) is 3. The van der Waals surface area contributed by atoms with Gasteiger partial charge in [-0.15, -0.1) is 0 Å². The number of hydrogen-bond donors (Lipinski definition) is 1. The maximum atomic E-state index is 6.14. The van der Waals surface area contributed by atoms with Crippen LogP contribution in [0.25, 0.3) is 0 Å². The van der Waals surface area contributed by atoms with Crippen molar-refractivity contribution in [1.29, 1.82) is 0 Å². The van der Waals surface area contributed by atoms with Crippen LogP contribution in [0.15, 0.2) is 12.3 Å². The van der Waals surface area contributed by atoms with Gasteiger partial charge in [-0.3, -0.25) is 9.58 Å². The molecule has 0 saturated carbocycles. The monoisotopic (exact) mass is 234 g/mol. The molecule has 0 spiro atoms. The van der Waals surface area contributed by atoms with Crippen LogP contribution in [0.3, 0.4) is 0 Å². The number of fused-ring (bicyclic) bond motifs is 2. The highest BCUT2D eigenvalue weighted by molar-refractivity contribution is 5.02. The van der Waals surface area contributed by atoms with Gasteiger partial charge in [0.15, 0.2) is 0 Å². The second-order valence-corrected chi connectivity index (χ2v) is 5.62. The first-order chi connectivity index (χ1) is 8.22. The summed E-state index contributed by atoms with van der Waals surface area (Å²) in [5, 5.41) is 4.49. The highest BCUT2D eigenvalue weighted by Crippen LogP contribution is 2.34. The van der Waals surface area contributed by atoms with Gasteiger partial charge in [-0.1, -0.05) is 6.42 Å². The minimum absolute atomic E-state index is 0.422. The summed E-state index contributed by atoms with van der Waals surface area (Å²) in [4.78, 5) is 2.65. The summed E-state index contributed by atoms with van der Waals surface area (Å²) in [6.45, 7) is 1.00. The summed E-state index contributed by atoms with van der Waals surface area (Å²) in [5.74, 6) is 0. The second kappa shape index (κ2) is 4.42. The molecule has 2 unspecified atom stereocenters. The zero-order valence-electron chi connectivity index (χ0n) is 10.5. The molecule has 3 rings (SSSR count). The maximum absolute atomic E-state index is 6.14. The summed E-state index contributed by atoms with van der Waals surface area (Å²) in [7, 11) is 1.98. The minimum atomic E-state index is 0.422. The SMILES string of the molecule is Cn1ccc(CN2C3CCCC2CC(N)C3)n1. The third kappa shape index (κ3) is 2.24. The van der Waals surface area contributed by atoms with Crippen molar-refractivity contribution >= 4 is 0 Å². The first-order valence-electron chi connectivity index (χ1n) is 6.72. The Kier molecular flexibility index (Phi) is 2.92. The van der Waals surface area contributed by atoms with Gasteiger partial charge < -0.3 is 5.73 Å². The van der Waals surface area contributed by atoms with Gasteiger partial charge in [0.25, 0.3) is 0 Å². The van der Waals surface area contributed by atoms with Crippen molar-refractivity contribution in [3.63, 3.8) is 0 Å². The molecule has 0 radical (unpaired) electrons. The van der Waals surface area contributed by atoms with E-state index >= 15 is 0 Å². The van der Waals surface area contributed by atoms with E-state index in [2.05, 4.69) is 16.1 Å². The molecule has 2 N–H and O–H groups in total. The lowest BCUT2D eigenvalue weighted by atomic mass is 9.82. The molecule has 2 aliphatic heterocycles. The van der Waals surface area contributed by atoms with Gasteiger partial charge in [-0.05, 0) is 31.7 Å². The van der Waals surface area contributed by atoms with Crippen molar-refractivity contribution in [3.8, 4) is 0 Å². The van der Waals surface area contributed by atoms with E-state index in [0.29, 0.717) is 18.1 Å². The Morgan fingerprint density at radius 3 is 2.65 bits per heavy atom. The quantitative estimate of drug-likeness (QED) is 0.838. The van der Waals surface area contributed by atoms with Gasteiger partial charge in [0, 0.05) is 37.9 Å². The summed E-state index contributed by atoms with van der Waals surface area (Å²) in [5.41, 5.74) is 7.33. The molecule has 2 bridgehead atoms. The van der Waals surface area contributed by atoms with E-state index in [9.17, 15) is 0 Å². The van der Waals surface area contributed by atoms with Crippen LogP contribution in [0, 0.1) is 0 Å². The van der Waals surface area contributed by atoms with Gasteiger partial charge in [-0.25, -0.2) is 0 Å². The second-order valence-electron chi connectivity index (χ2n) is 5.62. The summed E-state index contributed by atoms with van der Waals surface area (Å²) < 4.78 is 1.89. The molecule has 0 aromatic carbocycles. The lowest BCUT2D eigenvalue weighted by Gasteiger charge is -2.48. The van der Waals surface area contributed by atoms with Crippen LogP contribution < -0.4 is 5.73 Å². The molecule has 1 aromatic heterocycles. The van der Waals surface area contributed by atoms with Crippen LogP contribution in [-0.2, 0) is 13.6 Å². The molecule has 0 aliphatic carbocycles. The number of hydrogen-bond acceptors (Lipinski definition) is 3. The highest BCUT2D eigenvalue weighted by Gasteiger charge is 2.36. The predicted octanol–water partition coefficient (Wildman–Crippen LogP) is 1.26. The maximum Gasteiger partial charge on any atom is 0.0764 e. The van der Waals surface area contributed by atoms with Crippen molar-refractivity contribution in [2.75, 3.05) is 0 Å². The lowest BCUT2D eigenvalue weighted by Crippen LogP contribution is -2.54. The van der Waals surface area contributed by atoms with E-state index in [0.717, 1.165) is 6.54 Å². The van der Waals surface area contributed by atoms with Crippen molar-refractivity contribution in [1.82, 2.24) is 14.7 Å². The molecule has 4 heteroatoms. The van der Waals surface area contributed by atoms with E-state index in [1.807, 2.05) is 17.9 Å². The first kappa shape index (κ1) is 11.2. The van der Waals surface area contributed by atoms with Crippen LogP contribution in [0.1, 0.15) is 37.8 Å². The van der Waals surface area contributed by atoms with Crippen molar-refractivity contribution in [3.05, 3.63) is 18.0 Å². The Morgan fingerprint density at radius 1 is 1.35 bits per heavy atom. The van der Waals surface area contributed by atoms with E-state index in [1.165, 1.54) is 37.8 Å². The highest BCUT2D eigenvalue weighted by atomic mass is 15.3. The van der Waals surface area contributed by atoms with Crippen LogP contribution in [0.5, 0.6) is 0 Å². The zero-order valence-corrected chi connectivity index (χ0v) is 10.5. The van der Waals surface area contributed by atoms with Crippen LogP contribution >= 0.6 is 0 Å². The van der Waals surface area contributed by atoms with E-state index in [-0.39, 0.29) is 0 Å². The Labute approximate surface area is 103 Å². The zero-order chi connectivity index (χ0) is 11.8. The van der Waals surface area contributed by atoms with Gasteiger partial charge in [-0.2, -0.15) is 5.10 Å². The Morgan fingerprint density at radius 2 is 2.06 bits per heavy atom. The molecule has 0 amide bonds. The van der Waals surface area contributed by atoms with Crippen molar-refractivity contribution in [2.45, 2.75) is 56.8 Å². The van der Waals surface area contributed by atoms with Crippen LogP contribution in [0.4, 0.5) is 0 Å². The molecule has 2 aliphatic rings. The average Bonchev–Trinajstić information content (AvgIpc) is 2.65. The average molecular weight is 234 g/mol. The summed E-state index contributed by atoms with van der Waals surface area (Å²) >= 11 is 0. The smallest absolute Gasteiger partial charge is 0.0764 e. The van der Waals surface area contributed by atoms with E-state index in [1.54, 1.807) is 0 Å². The Balaban J connectivity index is 1.73. The molecule has 2 atom stereocenters. The fraction of sp³-hybridized carbons (Fsp3) is 0.769. The van der Waals surface area contributed by atoms with Gasteiger partial charge >= 0.3 is 0 Å². The standard InChI is InChI=1S/C13H22N4/c1-16-6-5-11(15-16)9-17-12-3-2-4-13(17)8-10(14)7-12/h5-6,10,12-13H,2-4,7-9,14H2,1H3.